The lowest BCUT2D eigenvalue weighted by atomic mass is 9.73. The molecule has 9 nitrogen and oxygen atoms in total. The van der Waals surface area contributed by atoms with E-state index in [1.54, 1.807) is 12.1 Å². The summed E-state index contributed by atoms with van der Waals surface area (Å²) in [5, 5.41) is 17.7. The predicted molar refractivity (Wildman–Crippen MR) is 120 cm³/mol. The van der Waals surface area contributed by atoms with Gasteiger partial charge in [-0.15, -0.1) is 0 Å². The number of aromatic amines is 2. The molecular weight excluding hydrogens is 408 g/mol. The Morgan fingerprint density at radius 3 is 2.53 bits per heavy atom. The lowest BCUT2D eigenvalue weighted by Gasteiger charge is -2.41. The molecule has 9 heteroatoms. The molecule has 6 rings (SSSR count). The standard InChI is InChI=1S/C23H28N6O3/c1-13-17(24)22(12-32-13)8-10-29(11-9-22)21-25-19-16(20(31)26-21)18(27-28-19)23(6-7-23)14-2-4-15(30)5-3-14/h2-5,13,17,30H,6-12,24H2,1H3,(H2,25,26,27,28,31)/t13-,17+/m0/s1. The van der Waals surface area contributed by atoms with Gasteiger partial charge in [0, 0.05) is 30.0 Å². The molecule has 4 heterocycles. The summed E-state index contributed by atoms with van der Waals surface area (Å²) in [7, 11) is 0. The van der Waals surface area contributed by atoms with Crippen LogP contribution in [-0.2, 0) is 10.2 Å². The van der Waals surface area contributed by atoms with Crippen LogP contribution in [0.4, 0.5) is 5.95 Å². The van der Waals surface area contributed by atoms with Gasteiger partial charge in [-0.25, -0.2) is 0 Å². The number of nitrogens with one attached hydrogen (secondary N) is 2. The topological polar surface area (TPSA) is 133 Å². The summed E-state index contributed by atoms with van der Waals surface area (Å²) in [6, 6.07) is 7.21. The molecule has 3 fully saturated rings. The van der Waals surface area contributed by atoms with Crippen LogP contribution in [-0.4, -0.2) is 57.1 Å². The van der Waals surface area contributed by atoms with Gasteiger partial charge < -0.3 is 20.5 Å². The smallest absolute Gasteiger partial charge is 0.263 e. The highest BCUT2D eigenvalue weighted by molar-refractivity contribution is 5.80. The molecule has 1 spiro atoms. The van der Waals surface area contributed by atoms with Gasteiger partial charge in [0.2, 0.25) is 5.95 Å². The van der Waals surface area contributed by atoms with Crippen LogP contribution in [0.15, 0.2) is 29.1 Å². The molecule has 0 radical (unpaired) electrons. The number of piperidine rings is 1. The Balaban J connectivity index is 1.30. The van der Waals surface area contributed by atoms with E-state index in [1.165, 1.54) is 0 Å². The van der Waals surface area contributed by atoms with Gasteiger partial charge in [0.25, 0.3) is 5.56 Å². The number of phenolic OH excluding ortho intramolecular Hbond substituents is 1. The molecule has 32 heavy (non-hydrogen) atoms. The quantitative estimate of drug-likeness (QED) is 0.492. The number of hydrogen-bond acceptors (Lipinski definition) is 7. The zero-order valence-corrected chi connectivity index (χ0v) is 18.1. The zero-order valence-electron chi connectivity index (χ0n) is 18.1. The van der Waals surface area contributed by atoms with Crippen molar-refractivity contribution in [1.82, 2.24) is 20.2 Å². The van der Waals surface area contributed by atoms with Crippen LogP contribution in [0.3, 0.4) is 0 Å². The average Bonchev–Trinajstić information content (AvgIpc) is 3.41. The fourth-order valence-electron chi connectivity index (χ4n) is 5.63. The van der Waals surface area contributed by atoms with Gasteiger partial charge in [0.05, 0.1) is 18.4 Å². The summed E-state index contributed by atoms with van der Waals surface area (Å²) in [4.78, 5) is 23.0. The summed E-state index contributed by atoms with van der Waals surface area (Å²) in [5.74, 6) is 0.797. The van der Waals surface area contributed by atoms with E-state index in [4.69, 9.17) is 15.5 Å². The minimum absolute atomic E-state index is 0.0178. The number of phenols is 1. The summed E-state index contributed by atoms with van der Waals surface area (Å²) in [5.41, 5.74) is 8.28. The molecule has 2 aromatic heterocycles. The van der Waals surface area contributed by atoms with Crippen LogP contribution in [0, 0.1) is 5.41 Å². The number of hydrogen-bond donors (Lipinski definition) is 4. The molecule has 1 saturated carbocycles. The van der Waals surface area contributed by atoms with Crippen LogP contribution in [0.1, 0.15) is 43.9 Å². The Hall–Kier alpha value is -2.91. The maximum atomic E-state index is 13.2. The average molecular weight is 437 g/mol. The maximum absolute atomic E-state index is 13.2. The third-order valence-electron chi connectivity index (χ3n) is 7.95. The van der Waals surface area contributed by atoms with Crippen molar-refractivity contribution in [3.63, 3.8) is 0 Å². The molecule has 168 valence electrons. The van der Waals surface area contributed by atoms with E-state index in [-0.39, 0.29) is 34.3 Å². The van der Waals surface area contributed by atoms with Crippen molar-refractivity contribution in [2.75, 3.05) is 24.6 Å². The van der Waals surface area contributed by atoms with Gasteiger partial charge in [-0.3, -0.25) is 14.9 Å². The molecule has 1 aliphatic carbocycles. The first-order chi connectivity index (χ1) is 15.4. The van der Waals surface area contributed by atoms with Crippen molar-refractivity contribution in [1.29, 1.82) is 0 Å². The van der Waals surface area contributed by atoms with Crippen LogP contribution >= 0.6 is 0 Å². The Morgan fingerprint density at radius 1 is 1.19 bits per heavy atom. The molecule has 5 N–H and O–H groups in total. The predicted octanol–water partition coefficient (Wildman–Crippen LogP) is 1.76. The van der Waals surface area contributed by atoms with E-state index >= 15 is 0 Å². The van der Waals surface area contributed by atoms with Gasteiger partial charge in [0.15, 0.2) is 5.65 Å². The Morgan fingerprint density at radius 2 is 1.91 bits per heavy atom. The van der Waals surface area contributed by atoms with Crippen molar-refractivity contribution >= 4 is 17.0 Å². The van der Waals surface area contributed by atoms with Crippen LogP contribution in [0.5, 0.6) is 5.75 Å². The van der Waals surface area contributed by atoms with Crippen LogP contribution in [0.2, 0.25) is 0 Å². The van der Waals surface area contributed by atoms with E-state index in [9.17, 15) is 9.90 Å². The molecular formula is C23H28N6O3. The monoisotopic (exact) mass is 436 g/mol. The zero-order chi connectivity index (χ0) is 22.1. The van der Waals surface area contributed by atoms with Crippen molar-refractivity contribution < 1.29 is 9.84 Å². The molecule has 0 bridgehead atoms. The number of nitrogens with two attached hydrogens (primary N) is 1. The Labute approximate surface area is 185 Å². The van der Waals surface area contributed by atoms with E-state index in [0.717, 1.165) is 50.0 Å². The maximum Gasteiger partial charge on any atom is 0.263 e. The first kappa shape index (κ1) is 19.8. The highest BCUT2D eigenvalue weighted by Gasteiger charge is 2.50. The fourth-order valence-corrected chi connectivity index (χ4v) is 5.63. The first-order valence-corrected chi connectivity index (χ1v) is 11.3. The Kier molecular flexibility index (Phi) is 4.19. The molecule has 0 unspecified atom stereocenters. The van der Waals surface area contributed by atoms with E-state index in [0.29, 0.717) is 23.6 Å². The number of aromatic nitrogens is 4. The molecule has 2 saturated heterocycles. The number of anilines is 1. The third kappa shape index (κ3) is 2.80. The minimum atomic E-state index is -0.297. The van der Waals surface area contributed by atoms with Gasteiger partial charge in [-0.1, -0.05) is 12.1 Å². The van der Waals surface area contributed by atoms with Gasteiger partial charge in [-0.05, 0) is 50.3 Å². The second-order valence-electron chi connectivity index (χ2n) is 9.71. The number of benzene rings is 1. The summed E-state index contributed by atoms with van der Waals surface area (Å²) in [6.07, 6.45) is 3.74. The van der Waals surface area contributed by atoms with Crippen LogP contribution in [0.25, 0.3) is 11.0 Å². The molecule has 3 aliphatic rings. The normalized spacial score (nSPS) is 26.1. The highest BCUT2D eigenvalue weighted by atomic mass is 16.5. The third-order valence-corrected chi connectivity index (χ3v) is 7.95. The van der Waals surface area contributed by atoms with Gasteiger partial charge in [0.1, 0.15) is 11.1 Å². The second kappa shape index (κ2) is 6.79. The van der Waals surface area contributed by atoms with Crippen molar-refractivity contribution in [2.24, 2.45) is 11.1 Å². The fraction of sp³-hybridized carbons (Fsp3) is 0.522. The minimum Gasteiger partial charge on any atom is -0.508 e. The Bertz CT molecular complexity index is 1220. The van der Waals surface area contributed by atoms with E-state index in [1.807, 2.05) is 19.1 Å². The largest absolute Gasteiger partial charge is 0.508 e. The summed E-state index contributed by atoms with van der Waals surface area (Å²) >= 11 is 0. The molecule has 2 aliphatic heterocycles. The lowest BCUT2D eigenvalue weighted by molar-refractivity contribution is 0.0973. The number of aromatic hydroxyl groups is 1. The van der Waals surface area contributed by atoms with Crippen molar-refractivity contribution in [3.05, 3.63) is 45.9 Å². The molecule has 0 amide bonds. The number of ether oxygens (including phenoxy) is 1. The number of nitrogens with zero attached hydrogens (tertiary/aromatic N) is 3. The van der Waals surface area contributed by atoms with Gasteiger partial charge in [-0.2, -0.15) is 10.1 Å². The molecule has 2 atom stereocenters. The second-order valence-corrected chi connectivity index (χ2v) is 9.71. The number of rotatable bonds is 3. The van der Waals surface area contributed by atoms with E-state index in [2.05, 4.69) is 20.1 Å². The SMILES string of the molecule is C[C@@H]1OCC2(CCN(c3nc4[nH]nc(C5(c6ccc(O)cc6)CC5)c4c(=O)[nH]3)CC2)[C@@H]1N. The summed E-state index contributed by atoms with van der Waals surface area (Å²) < 4.78 is 5.82. The van der Waals surface area contributed by atoms with E-state index < -0.39 is 0 Å². The lowest BCUT2D eigenvalue weighted by Crippen LogP contribution is -2.51. The van der Waals surface area contributed by atoms with Crippen molar-refractivity contribution in [3.8, 4) is 5.75 Å². The summed E-state index contributed by atoms with van der Waals surface area (Å²) in [6.45, 7) is 4.29. The van der Waals surface area contributed by atoms with Crippen LogP contribution < -0.4 is 16.2 Å². The first-order valence-electron chi connectivity index (χ1n) is 11.3. The molecule has 3 aromatic rings. The number of fused-ring (bicyclic) bond motifs is 1. The van der Waals surface area contributed by atoms with Crippen molar-refractivity contribution in [2.45, 2.75) is 50.2 Å². The number of H-pyrrole nitrogens is 2. The highest BCUT2D eigenvalue weighted by Crippen LogP contribution is 2.54. The molecule has 1 aromatic carbocycles. The van der Waals surface area contributed by atoms with Gasteiger partial charge >= 0.3 is 0 Å².